The molecule has 0 N–H and O–H groups in total. The Hall–Kier alpha value is -2.60. The fourth-order valence-electron chi connectivity index (χ4n) is 4.26. The molecule has 4 rings (SSSR count). The minimum absolute atomic E-state index is 0.0537. The Morgan fingerprint density at radius 1 is 1.10 bits per heavy atom. The van der Waals surface area contributed by atoms with Crippen molar-refractivity contribution in [2.24, 2.45) is 0 Å². The highest BCUT2D eigenvalue weighted by atomic mass is 19.1. The minimum Gasteiger partial charge on any atom is -0.489 e. The SMILES string of the molecule is CCN1CCN(C(=O)C[C@H]2COc3cc(C)ccc3N2Cc2ccc(F)cc2)CC1. The highest BCUT2D eigenvalue weighted by molar-refractivity contribution is 5.78. The van der Waals surface area contributed by atoms with Gasteiger partial charge in [0.2, 0.25) is 5.91 Å². The summed E-state index contributed by atoms with van der Waals surface area (Å²) < 4.78 is 19.4. The van der Waals surface area contributed by atoms with Gasteiger partial charge in [-0.3, -0.25) is 4.79 Å². The van der Waals surface area contributed by atoms with E-state index in [0.29, 0.717) is 19.6 Å². The molecule has 2 heterocycles. The number of halogens is 1. The third kappa shape index (κ3) is 4.59. The normalized spacial score (nSPS) is 19.4. The number of piperazine rings is 1. The molecule has 2 aliphatic rings. The molecule has 1 saturated heterocycles. The van der Waals surface area contributed by atoms with Gasteiger partial charge in [-0.1, -0.05) is 25.1 Å². The van der Waals surface area contributed by atoms with E-state index in [0.717, 1.165) is 55.3 Å². The summed E-state index contributed by atoms with van der Waals surface area (Å²) in [7, 11) is 0. The van der Waals surface area contributed by atoms with Crippen molar-refractivity contribution in [2.45, 2.75) is 32.9 Å². The number of likely N-dealkylation sites (N-methyl/N-ethyl adjacent to an activating group) is 1. The van der Waals surface area contributed by atoms with E-state index < -0.39 is 0 Å². The number of amides is 1. The molecule has 2 aromatic carbocycles. The van der Waals surface area contributed by atoms with Gasteiger partial charge in [0, 0.05) is 32.7 Å². The van der Waals surface area contributed by atoms with E-state index in [4.69, 9.17) is 4.74 Å². The largest absolute Gasteiger partial charge is 0.489 e. The number of nitrogens with zero attached hydrogens (tertiary/aromatic N) is 3. The summed E-state index contributed by atoms with van der Waals surface area (Å²) in [5.41, 5.74) is 3.14. The van der Waals surface area contributed by atoms with Gasteiger partial charge in [-0.25, -0.2) is 4.39 Å². The molecule has 160 valence electrons. The molecule has 1 fully saturated rings. The summed E-state index contributed by atoms with van der Waals surface area (Å²) in [6.07, 6.45) is 0.417. The first-order valence-corrected chi connectivity index (χ1v) is 10.8. The van der Waals surface area contributed by atoms with Crippen molar-refractivity contribution in [1.82, 2.24) is 9.80 Å². The average Bonchev–Trinajstić information content (AvgIpc) is 2.76. The van der Waals surface area contributed by atoms with Crippen molar-refractivity contribution in [3.8, 4) is 5.75 Å². The van der Waals surface area contributed by atoms with E-state index in [9.17, 15) is 9.18 Å². The van der Waals surface area contributed by atoms with E-state index in [1.165, 1.54) is 12.1 Å². The van der Waals surface area contributed by atoms with Crippen LogP contribution in [0.4, 0.5) is 10.1 Å². The van der Waals surface area contributed by atoms with Crippen molar-refractivity contribution in [2.75, 3.05) is 44.2 Å². The maximum Gasteiger partial charge on any atom is 0.224 e. The molecule has 6 heteroatoms. The Bertz CT molecular complexity index is 879. The lowest BCUT2D eigenvalue weighted by Gasteiger charge is -2.40. The molecular formula is C24H30FN3O2. The van der Waals surface area contributed by atoms with Gasteiger partial charge in [0.25, 0.3) is 0 Å². The fraction of sp³-hybridized carbons (Fsp3) is 0.458. The van der Waals surface area contributed by atoms with Crippen molar-refractivity contribution in [3.05, 3.63) is 59.4 Å². The number of rotatable bonds is 5. The van der Waals surface area contributed by atoms with Crippen LogP contribution in [-0.4, -0.2) is 61.1 Å². The third-order valence-corrected chi connectivity index (χ3v) is 6.15. The van der Waals surface area contributed by atoms with Crippen LogP contribution in [0, 0.1) is 12.7 Å². The predicted molar refractivity (Wildman–Crippen MR) is 116 cm³/mol. The Labute approximate surface area is 178 Å². The molecule has 0 radical (unpaired) electrons. The summed E-state index contributed by atoms with van der Waals surface area (Å²) in [5.74, 6) is 0.783. The Morgan fingerprint density at radius 2 is 1.83 bits per heavy atom. The zero-order chi connectivity index (χ0) is 21.1. The Kier molecular flexibility index (Phi) is 6.23. The number of carbonyl (C=O) groups is 1. The first-order valence-electron chi connectivity index (χ1n) is 10.8. The molecule has 0 aliphatic carbocycles. The van der Waals surface area contributed by atoms with Crippen molar-refractivity contribution in [3.63, 3.8) is 0 Å². The molecule has 0 saturated carbocycles. The molecule has 30 heavy (non-hydrogen) atoms. The zero-order valence-electron chi connectivity index (χ0n) is 17.8. The number of hydrogen-bond acceptors (Lipinski definition) is 4. The number of aryl methyl sites for hydroxylation is 1. The fourth-order valence-corrected chi connectivity index (χ4v) is 4.26. The lowest BCUT2D eigenvalue weighted by molar-refractivity contribution is -0.133. The van der Waals surface area contributed by atoms with Crippen LogP contribution in [-0.2, 0) is 11.3 Å². The quantitative estimate of drug-likeness (QED) is 0.755. The van der Waals surface area contributed by atoms with Gasteiger partial charge in [0.05, 0.1) is 18.2 Å². The van der Waals surface area contributed by atoms with Gasteiger partial charge in [-0.2, -0.15) is 0 Å². The zero-order valence-corrected chi connectivity index (χ0v) is 17.8. The number of ether oxygens (including phenoxy) is 1. The van der Waals surface area contributed by atoms with Gasteiger partial charge in [0.15, 0.2) is 0 Å². The number of carbonyl (C=O) groups excluding carboxylic acids is 1. The van der Waals surface area contributed by atoms with E-state index >= 15 is 0 Å². The van der Waals surface area contributed by atoms with Crippen LogP contribution in [0.5, 0.6) is 5.75 Å². The van der Waals surface area contributed by atoms with Gasteiger partial charge in [-0.05, 0) is 48.9 Å². The number of benzene rings is 2. The second-order valence-electron chi connectivity index (χ2n) is 8.21. The lowest BCUT2D eigenvalue weighted by Crippen LogP contribution is -2.51. The number of fused-ring (bicyclic) bond motifs is 1. The maximum atomic E-state index is 13.4. The van der Waals surface area contributed by atoms with E-state index in [1.807, 2.05) is 30.0 Å². The van der Waals surface area contributed by atoms with Crippen LogP contribution < -0.4 is 9.64 Å². The molecule has 0 spiro atoms. The van der Waals surface area contributed by atoms with Crippen LogP contribution in [0.15, 0.2) is 42.5 Å². The van der Waals surface area contributed by atoms with Gasteiger partial charge >= 0.3 is 0 Å². The van der Waals surface area contributed by atoms with Gasteiger partial charge in [-0.15, -0.1) is 0 Å². The minimum atomic E-state index is -0.241. The average molecular weight is 412 g/mol. The van der Waals surface area contributed by atoms with E-state index in [1.54, 1.807) is 0 Å². The summed E-state index contributed by atoms with van der Waals surface area (Å²) in [5, 5.41) is 0. The highest BCUT2D eigenvalue weighted by Crippen LogP contribution is 2.36. The summed E-state index contributed by atoms with van der Waals surface area (Å²) in [4.78, 5) is 19.6. The molecule has 0 unspecified atom stereocenters. The Morgan fingerprint density at radius 3 is 2.53 bits per heavy atom. The molecule has 2 aromatic rings. The monoisotopic (exact) mass is 411 g/mol. The van der Waals surface area contributed by atoms with E-state index in [-0.39, 0.29) is 17.8 Å². The van der Waals surface area contributed by atoms with Gasteiger partial charge in [0.1, 0.15) is 18.2 Å². The summed E-state index contributed by atoms with van der Waals surface area (Å²) in [6, 6.07) is 12.7. The van der Waals surface area contributed by atoms with E-state index in [2.05, 4.69) is 28.9 Å². The summed E-state index contributed by atoms with van der Waals surface area (Å²) in [6.45, 7) is 9.75. The number of anilines is 1. The van der Waals surface area contributed by atoms with Crippen molar-refractivity contribution >= 4 is 11.6 Å². The molecule has 1 atom stereocenters. The summed E-state index contributed by atoms with van der Waals surface area (Å²) >= 11 is 0. The second kappa shape index (κ2) is 9.04. The smallest absolute Gasteiger partial charge is 0.224 e. The van der Waals surface area contributed by atoms with Crippen LogP contribution in [0.2, 0.25) is 0 Å². The van der Waals surface area contributed by atoms with Gasteiger partial charge < -0.3 is 19.4 Å². The Balaban J connectivity index is 1.52. The molecule has 1 amide bonds. The van der Waals surface area contributed by atoms with Crippen LogP contribution in [0.3, 0.4) is 0 Å². The van der Waals surface area contributed by atoms with Crippen LogP contribution >= 0.6 is 0 Å². The topological polar surface area (TPSA) is 36.0 Å². The van der Waals surface area contributed by atoms with Crippen LogP contribution in [0.25, 0.3) is 0 Å². The van der Waals surface area contributed by atoms with Crippen LogP contribution in [0.1, 0.15) is 24.5 Å². The highest BCUT2D eigenvalue weighted by Gasteiger charge is 2.31. The molecule has 2 aliphatic heterocycles. The lowest BCUT2D eigenvalue weighted by atomic mass is 10.0. The molecule has 0 aromatic heterocycles. The first-order chi connectivity index (χ1) is 14.5. The number of hydrogen-bond donors (Lipinski definition) is 0. The van der Waals surface area contributed by atoms with Crippen molar-refractivity contribution < 1.29 is 13.9 Å². The first kappa shape index (κ1) is 20.7. The maximum absolute atomic E-state index is 13.4. The second-order valence-corrected chi connectivity index (χ2v) is 8.21. The standard InChI is InChI=1S/C24H30FN3O2/c1-3-26-10-12-27(13-11-26)24(29)15-21-17-30-23-14-18(2)4-9-22(23)28(21)16-19-5-7-20(25)8-6-19/h4-9,14,21H,3,10-13,15-17H2,1-2H3/t21-/m0/s1. The predicted octanol–water partition coefficient (Wildman–Crippen LogP) is 3.46. The third-order valence-electron chi connectivity index (χ3n) is 6.15. The molecular weight excluding hydrogens is 381 g/mol. The van der Waals surface area contributed by atoms with Crippen molar-refractivity contribution in [1.29, 1.82) is 0 Å². The molecule has 0 bridgehead atoms. The molecule has 5 nitrogen and oxygen atoms in total.